The van der Waals surface area contributed by atoms with Crippen molar-refractivity contribution in [1.29, 1.82) is 0 Å². The van der Waals surface area contributed by atoms with Gasteiger partial charge in [-0.1, -0.05) is 16.8 Å². The van der Waals surface area contributed by atoms with E-state index in [1.165, 1.54) is 0 Å². The molecular formula is C16H20Cl2N4O2. The van der Waals surface area contributed by atoms with E-state index in [-0.39, 0.29) is 24.4 Å². The van der Waals surface area contributed by atoms with Crippen LogP contribution in [-0.4, -0.2) is 35.2 Å². The number of aryl methyl sites for hydroxylation is 1. The molecule has 1 aliphatic rings. The molecule has 2 heterocycles. The van der Waals surface area contributed by atoms with Crippen LogP contribution in [0.15, 0.2) is 28.8 Å². The molecule has 1 saturated heterocycles. The van der Waals surface area contributed by atoms with Gasteiger partial charge < -0.3 is 15.2 Å². The van der Waals surface area contributed by atoms with Crippen LogP contribution in [0, 0.1) is 0 Å². The first-order chi connectivity index (χ1) is 11.2. The van der Waals surface area contributed by atoms with E-state index in [0.29, 0.717) is 36.0 Å². The number of nitrogens with one attached hydrogen (secondary N) is 2. The Kier molecular flexibility index (Phi) is 7.02. The Labute approximate surface area is 151 Å². The Morgan fingerprint density at radius 1 is 1.38 bits per heavy atom. The summed E-state index contributed by atoms with van der Waals surface area (Å²) in [6.07, 6.45) is 2.75. The van der Waals surface area contributed by atoms with Crippen LogP contribution >= 0.6 is 24.0 Å². The van der Waals surface area contributed by atoms with Crippen LogP contribution in [0.4, 0.5) is 0 Å². The Bertz CT molecular complexity index is 654. The second-order valence-corrected chi connectivity index (χ2v) is 6.07. The number of hydrogen-bond donors (Lipinski definition) is 2. The van der Waals surface area contributed by atoms with Crippen molar-refractivity contribution < 1.29 is 9.32 Å². The van der Waals surface area contributed by atoms with Gasteiger partial charge in [0.1, 0.15) is 0 Å². The van der Waals surface area contributed by atoms with E-state index in [2.05, 4.69) is 20.8 Å². The molecule has 1 fully saturated rings. The van der Waals surface area contributed by atoms with Crippen LogP contribution < -0.4 is 10.6 Å². The number of benzene rings is 1. The molecule has 0 spiro atoms. The van der Waals surface area contributed by atoms with Crippen LogP contribution in [0.1, 0.15) is 25.2 Å². The van der Waals surface area contributed by atoms with Crippen molar-refractivity contribution in [2.75, 3.05) is 13.1 Å². The topological polar surface area (TPSA) is 80.0 Å². The van der Waals surface area contributed by atoms with Gasteiger partial charge in [0.05, 0.1) is 0 Å². The number of rotatable bonds is 6. The van der Waals surface area contributed by atoms with Crippen LogP contribution in [0.5, 0.6) is 0 Å². The maximum absolute atomic E-state index is 11.8. The molecule has 1 aliphatic heterocycles. The molecule has 1 amide bonds. The lowest BCUT2D eigenvalue weighted by Gasteiger charge is -2.10. The lowest BCUT2D eigenvalue weighted by atomic mass is 10.2. The van der Waals surface area contributed by atoms with Crippen molar-refractivity contribution in [3.63, 3.8) is 0 Å². The predicted octanol–water partition coefficient (Wildman–Crippen LogP) is 2.61. The highest BCUT2D eigenvalue weighted by Crippen LogP contribution is 2.19. The third-order valence-corrected chi connectivity index (χ3v) is 4.04. The van der Waals surface area contributed by atoms with Gasteiger partial charge in [0.25, 0.3) is 0 Å². The summed E-state index contributed by atoms with van der Waals surface area (Å²) >= 11 is 5.86. The first kappa shape index (κ1) is 18.7. The Morgan fingerprint density at radius 3 is 2.88 bits per heavy atom. The van der Waals surface area contributed by atoms with Gasteiger partial charge in [-0.15, -0.1) is 12.4 Å². The number of hydrogen-bond acceptors (Lipinski definition) is 5. The Balaban J connectivity index is 0.00000208. The standard InChI is InChI=1S/C16H19ClN4O2.ClH/c17-12-6-4-11(5-7-12)16-20-15(23-21-16)3-1-2-14(22)19-13-8-9-18-10-13;/h4-7,13,18H,1-3,8-10H2,(H,19,22);1H. The number of carbonyl (C=O) groups excluding carboxylic acids is 1. The maximum Gasteiger partial charge on any atom is 0.226 e. The molecule has 1 atom stereocenters. The molecule has 1 aromatic heterocycles. The number of aromatic nitrogens is 2. The average Bonchev–Trinajstić information content (AvgIpc) is 3.20. The van der Waals surface area contributed by atoms with E-state index in [1.54, 1.807) is 12.1 Å². The molecule has 0 aliphatic carbocycles. The predicted molar refractivity (Wildman–Crippen MR) is 94.3 cm³/mol. The zero-order chi connectivity index (χ0) is 16.1. The fourth-order valence-corrected chi connectivity index (χ4v) is 2.68. The first-order valence-electron chi connectivity index (χ1n) is 7.79. The molecule has 0 saturated carbocycles. The fourth-order valence-electron chi connectivity index (χ4n) is 2.55. The molecule has 6 nitrogen and oxygen atoms in total. The van der Waals surface area contributed by atoms with Gasteiger partial charge in [0, 0.05) is 36.0 Å². The average molecular weight is 371 g/mol. The first-order valence-corrected chi connectivity index (χ1v) is 8.17. The van der Waals surface area contributed by atoms with E-state index >= 15 is 0 Å². The summed E-state index contributed by atoms with van der Waals surface area (Å²) in [7, 11) is 0. The smallest absolute Gasteiger partial charge is 0.226 e. The van der Waals surface area contributed by atoms with Gasteiger partial charge >= 0.3 is 0 Å². The number of carbonyl (C=O) groups is 1. The number of nitrogens with zero attached hydrogens (tertiary/aromatic N) is 2. The minimum Gasteiger partial charge on any atom is -0.352 e. The van der Waals surface area contributed by atoms with E-state index in [0.717, 1.165) is 25.1 Å². The highest BCUT2D eigenvalue weighted by atomic mass is 35.5. The second-order valence-electron chi connectivity index (χ2n) is 5.63. The number of amides is 1. The van der Waals surface area contributed by atoms with E-state index in [4.69, 9.17) is 16.1 Å². The SMILES string of the molecule is Cl.O=C(CCCc1nc(-c2ccc(Cl)cc2)no1)NC1CCNC1. The molecule has 1 aromatic carbocycles. The molecule has 0 bridgehead atoms. The van der Waals surface area contributed by atoms with Gasteiger partial charge in [0.2, 0.25) is 17.6 Å². The summed E-state index contributed by atoms with van der Waals surface area (Å²) in [6.45, 7) is 1.83. The largest absolute Gasteiger partial charge is 0.352 e. The minimum atomic E-state index is 0. The highest BCUT2D eigenvalue weighted by molar-refractivity contribution is 6.30. The summed E-state index contributed by atoms with van der Waals surface area (Å²) < 4.78 is 5.23. The molecule has 8 heteroatoms. The van der Waals surface area contributed by atoms with Crippen molar-refractivity contribution in [2.45, 2.75) is 31.7 Å². The second kappa shape index (κ2) is 9.01. The highest BCUT2D eigenvalue weighted by Gasteiger charge is 2.16. The fraction of sp³-hybridized carbons (Fsp3) is 0.438. The minimum absolute atomic E-state index is 0. The number of halogens is 2. The van der Waals surface area contributed by atoms with E-state index in [9.17, 15) is 4.79 Å². The molecule has 24 heavy (non-hydrogen) atoms. The van der Waals surface area contributed by atoms with Gasteiger partial charge in [-0.3, -0.25) is 4.79 Å². The van der Waals surface area contributed by atoms with E-state index in [1.807, 2.05) is 12.1 Å². The van der Waals surface area contributed by atoms with Gasteiger partial charge in [-0.25, -0.2) is 0 Å². The third-order valence-electron chi connectivity index (χ3n) is 3.79. The normalized spacial score (nSPS) is 16.6. The zero-order valence-electron chi connectivity index (χ0n) is 13.1. The van der Waals surface area contributed by atoms with Gasteiger partial charge in [-0.05, 0) is 43.7 Å². The van der Waals surface area contributed by atoms with Gasteiger partial charge in [0.15, 0.2) is 0 Å². The summed E-state index contributed by atoms with van der Waals surface area (Å²) in [4.78, 5) is 16.2. The molecule has 3 rings (SSSR count). The van der Waals surface area contributed by atoms with Crippen molar-refractivity contribution in [1.82, 2.24) is 20.8 Å². The van der Waals surface area contributed by atoms with Gasteiger partial charge in [-0.2, -0.15) is 4.98 Å². The van der Waals surface area contributed by atoms with Crippen LogP contribution in [0.25, 0.3) is 11.4 Å². The molecule has 2 aromatic rings. The third kappa shape index (κ3) is 5.19. The van der Waals surface area contributed by atoms with Crippen molar-refractivity contribution in [3.05, 3.63) is 35.2 Å². The van der Waals surface area contributed by atoms with E-state index < -0.39 is 0 Å². The summed E-state index contributed by atoms with van der Waals surface area (Å²) in [5.74, 6) is 1.17. The van der Waals surface area contributed by atoms with Crippen molar-refractivity contribution in [2.24, 2.45) is 0 Å². The Morgan fingerprint density at radius 2 is 2.17 bits per heavy atom. The molecule has 130 valence electrons. The van der Waals surface area contributed by atoms with Crippen LogP contribution in [-0.2, 0) is 11.2 Å². The maximum atomic E-state index is 11.8. The molecule has 2 N–H and O–H groups in total. The zero-order valence-corrected chi connectivity index (χ0v) is 14.7. The van der Waals surface area contributed by atoms with Crippen LogP contribution in [0.3, 0.4) is 0 Å². The lowest BCUT2D eigenvalue weighted by Crippen LogP contribution is -2.36. The molecular weight excluding hydrogens is 351 g/mol. The summed E-state index contributed by atoms with van der Waals surface area (Å²) in [5, 5.41) is 10.9. The lowest BCUT2D eigenvalue weighted by molar-refractivity contribution is -0.121. The summed E-state index contributed by atoms with van der Waals surface area (Å²) in [6, 6.07) is 7.53. The van der Waals surface area contributed by atoms with Crippen molar-refractivity contribution >= 4 is 29.9 Å². The molecule has 0 radical (unpaired) electrons. The van der Waals surface area contributed by atoms with Crippen molar-refractivity contribution in [3.8, 4) is 11.4 Å². The summed E-state index contributed by atoms with van der Waals surface area (Å²) in [5.41, 5.74) is 0.857. The quantitative estimate of drug-likeness (QED) is 0.816. The monoisotopic (exact) mass is 370 g/mol. The van der Waals surface area contributed by atoms with Crippen LogP contribution in [0.2, 0.25) is 5.02 Å². The molecule has 1 unspecified atom stereocenters. The Hall–Kier alpha value is -1.63.